The largest absolute Gasteiger partial charge is 0.468 e. The summed E-state index contributed by atoms with van der Waals surface area (Å²) < 4.78 is 31.7. The third-order valence-electron chi connectivity index (χ3n) is 5.10. The molecule has 0 aliphatic heterocycles. The van der Waals surface area contributed by atoms with Gasteiger partial charge in [0.25, 0.3) is 5.91 Å². The lowest BCUT2D eigenvalue weighted by Gasteiger charge is -2.05. The maximum absolute atomic E-state index is 12.9. The van der Waals surface area contributed by atoms with E-state index in [1.54, 1.807) is 11.5 Å². The summed E-state index contributed by atoms with van der Waals surface area (Å²) in [5.74, 6) is -1.09. The van der Waals surface area contributed by atoms with Gasteiger partial charge in [0.1, 0.15) is 6.54 Å². The molecule has 0 unspecified atom stereocenters. The number of fused-ring (bicyclic) bond motifs is 1. The Bertz CT molecular complexity index is 1320. The molecular formula is C23H26N2O5S2. The molecule has 1 heterocycles. The van der Waals surface area contributed by atoms with E-state index in [-0.39, 0.29) is 22.8 Å². The van der Waals surface area contributed by atoms with E-state index in [1.165, 1.54) is 48.3 Å². The third-order valence-corrected chi connectivity index (χ3v) is 7.87. The van der Waals surface area contributed by atoms with Crippen LogP contribution in [-0.4, -0.2) is 37.7 Å². The highest BCUT2D eigenvalue weighted by Gasteiger charge is 2.16. The van der Waals surface area contributed by atoms with Gasteiger partial charge >= 0.3 is 5.97 Å². The first-order valence-corrected chi connectivity index (χ1v) is 12.9. The molecule has 0 N–H and O–H groups in total. The van der Waals surface area contributed by atoms with Crippen LogP contribution in [0.4, 0.5) is 0 Å². The third kappa shape index (κ3) is 5.34. The summed E-state index contributed by atoms with van der Waals surface area (Å²) in [7, 11) is -2.14. The molecule has 0 spiro atoms. The van der Waals surface area contributed by atoms with Gasteiger partial charge < -0.3 is 9.30 Å². The Morgan fingerprint density at radius 3 is 2.59 bits per heavy atom. The number of ether oxygens (including phenoxy) is 1. The first-order chi connectivity index (χ1) is 15.3. The molecule has 3 rings (SSSR count). The van der Waals surface area contributed by atoms with Crippen LogP contribution in [0.15, 0.2) is 52.4 Å². The number of amides is 1. The fraction of sp³-hybridized carbons (Fsp3) is 0.348. The quantitative estimate of drug-likeness (QED) is 0.464. The van der Waals surface area contributed by atoms with Crippen molar-refractivity contribution in [3.05, 3.63) is 58.4 Å². The summed E-state index contributed by atoms with van der Waals surface area (Å²) in [6.45, 7) is 3.61. The van der Waals surface area contributed by atoms with Crippen LogP contribution in [0.5, 0.6) is 0 Å². The Hall–Kier alpha value is -2.78. The van der Waals surface area contributed by atoms with Gasteiger partial charge in [-0.1, -0.05) is 43.7 Å². The highest BCUT2D eigenvalue weighted by molar-refractivity contribution is 7.91. The SMILES string of the molecule is CCCCc1ccc2c(c1)sc(=NC(=O)c1cccc(S(=O)(=O)CC)c1)n2CC(=O)OC. The van der Waals surface area contributed by atoms with Crippen LogP contribution < -0.4 is 4.80 Å². The molecule has 2 aromatic carbocycles. The molecule has 32 heavy (non-hydrogen) atoms. The van der Waals surface area contributed by atoms with E-state index < -0.39 is 21.7 Å². The molecule has 0 saturated carbocycles. The topological polar surface area (TPSA) is 94.8 Å². The van der Waals surface area contributed by atoms with Gasteiger partial charge in [0.2, 0.25) is 0 Å². The Labute approximate surface area is 191 Å². The minimum atomic E-state index is -3.45. The standard InChI is InChI=1S/C23H26N2O5S2/c1-4-6-8-16-11-12-19-20(13-16)31-23(25(19)15-21(26)30-3)24-22(27)17-9-7-10-18(14-17)32(28,29)5-2/h7,9-14H,4-6,8,15H2,1-3H3. The number of nitrogens with zero attached hydrogens (tertiary/aromatic N) is 2. The number of esters is 1. The number of aryl methyl sites for hydroxylation is 1. The predicted molar refractivity (Wildman–Crippen MR) is 125 cm³/mol. The second-order valence-electron chi connectivity index (χ2n) is 7.30. The van der Waals surface area contributed by atoms with Crippen molar-refractivity contribution in [3.8, 4) is 0 Å². The number of sulfone groups is 1. The second-order valence-corrected chi connectivity index (χ2v) is 10.6. The fourth-order valence-corrected chi connectivity index (χ4v) is 5.24. The molecule has 3 aromatic rings. The fourth-order valence-electron chi connectivity index (χ4n) is 3.23. The minimum Gasteiger partial charge on any atom is -0.468 e. The Morgan fingerprint density at radius 1 is 1.12 bits per heavy atom. The minimum absolute atomic E-state index is 0.0579. The van der Waals surface area contributed by atoms with Crippen molar-refractivity contribution in [2.24, 2.45) is 4.99 Å². The van der Waals surface area contributed by atoms with Crippen LogP contribution in [0.2, 0.25) is 0 Å². The van der Waals surface area contributed by atoms with E-state index in [1.807, 2.05) is 12.1 Å². The van der Waals surface area contributed by atoms with Gasteiger partial charge in [-0.2, -0.15) is 4.99 Å². The molecule has 1 aromatic heterocycles. The van der Waals surface area contributed by atoms with E-state index in [2.05, 4.69) is 18.0 Å². The zero-order valence-corrected chi connectivity index (χ0v) is 20.0. The van der Waals surface area contributed by atoms with Crippen LogP contribution in [-0.2, 0) is 32.3 Å². The number of carbonyl (C=O) groups excluding carboxylic acids is 2. The van der Waals surface area contributed by atoms with E-state index in [0.29, 0.717) is 4.80 Å². The first-order valence-electron chi connectivity index (χ1n) is 10.4. The molecule has 0 atom stereocenters. The molecule has 0 fully saturated rings. The van der Waals surface area contributed by atoms with E-state index in [0.717, 1.165) is 29.5 Å². The number of carbonyl (C=O) groups is 2. The average molecular weight is 475 g/mol. The monoisotopic (exact) mass is 474 g/mol. The molecule has 0 bridgehead atoms. The number of unbranched alkanes of at least 4 members (excludes halogenated alkanes) is 1. The lowest BCUT2D eigenvalue weighted by atomic mass is 10.1. The normalized spacial score (nSPS) is 12.3. The first kappa shape index (κ1) is 23.9. The molecule has 9 heteroatoms. The van der Waals surface area contributed by atoms with Crippen molar-refractivity contribution in [1.29, 1.82) is 0 Å². The summed E-state index contributed by atoms with van der Waals surface area (Å²) >= 11 is 1.31. The molecule has 170 valence electrons. The van der Waals surface area contributed by atoms with Gasteiger partial charge in [-0.15, -0.1) is 0 Å². The van der Waals surface area contributed by atoms with Crippen LogP contribution in [0.1, 0.15) is 42.6 Å². The number of rotatable bonds is 8. The van der Waals surface area contributed by atoms with Crippen LogP contribution >= 0.6 is 11.3 Å². The number of methoxy groups -OCH3 is 1. The maximum Gasteiger partial charge on any atom is 0.325 e. The van der Waals surface area contributed by atoms with Gasteiger partial charge in [0.05, 0.1) is 28.0 Å². The summed E-state index contributed by atoms with van der Waals surface area (Å²) in [5.41, 5.74) is 2.14. The Kier molecular flexibility index (Phi) is 7.63. The smallest absolute Gasteiger partial charge is 0.325 e. The highest BCUT2D eigenvalue weighted by atomic mass is 32.2. The Balaban J connectivity index is 2.09. The molecular weight excluding hydrogens is 448 g/mol. The lowest BCUT2D eigenvalue weighted by molar-refractivity contribution is -0.141. The summed E-state index contributed by atoms with van der Waals surface area (Å²) in [4.78, 5) is 29.6. The Morgan fingerprint density at radius 2 is 1.91 bits per heavy atom. The lowest BCUT2D eigenvalue weighted by Crippen LogP contribution is -2.22. The number of aromatic nitrogens is 1. The van der Waals surface area contributed by atoms with Crippen molar-refractivity contribution in [3.63, 3.8) is 0 Å². The summed E-state index contributed by atoms with van der Waals surface area (Å²) in [6.07, 6.45) is 3.12. The molecule has 0 radical (unpaired) electrons. The van der Waals surface area contributed by atoms with E-state index in [9.17, 15) is 18.0 Å². The van der Waals surface area contributed by atoms with E-state index >= 15 is 0 Å². The summed E-state index contributed by atoms with van der Waals surface area (Å²) in [5, 5.41) is 0. The second kappa shape index (κ2) is 10.2. The van der Waals surface area contributed by atoms with Crippen molar-refractivity contribution in [2.45, 2.75) is 44.6 Å². The average Bonchev–Trinajstić information content (AvgIpc) is 3.13. The van der Waals surface area contributed by atoms with Crippen molar-refractivity contribution in [1.82, 2.24) is 4.57 Å². The summed E-state index contributed by atoms with van der Waals surface area (Å²) in [6, 6.07) is 11.9. The maximum atomic E-state index is 12.9. The number of benzene rings is 2. The molecule has 0 saturated heterocycles. The van der Waals surface area contributed by atoms with Gasteiger partial charge in [-0.3, -0.25) is 9.59 Å². The van der Waals surface area contributed by atoms with Crippen molar-refractivity contribution in [2.75, 3.05) is 12.9 Å². The zero-order chi connectivity index (χ0) is 23.3. The van der Waals surface area contributed by atoms with Crippen molar-refractivity contribution < 1.29 is 22.7 Å². The van der Waals surface area contributed by atoms with Gasteiger partial charge in [0, 0.05) is 5.56 Å². The van der Waals surface area contributed by atoms with E-state index in [4.69, 9.17) is 4.74 Å². The molecule has 0 aliphatic rings. The number of thiazole rings is 1. The van der Waals surface area contributed by atoms with Crippen LogP contribution in [0, 0.1) is 0 Å². The van der Waals surface area contributed by atoms with Crippen LogP contribution in [0.25, 0.3) is 10.2 Å². The highest BCUT2D eigenvalue weighted by Crippen LogP contribution is 2.21. The molecule has 7 nitrogen and oxygen atoms in total. The molecule has 0 aliphatic carbocycles. The van der Waals surface area contributed by atoms with Crippen LogP contribution in [0.3, 0.4) is 0 Å². The predicted octanol–water partition coefficient (Wildman–Crippen LogP) is 3.75. The van der Waals surface area contributed by atoms with Gasteiger partial charge in [0.15, 0.2) is 14.6 Å². The van der Waals surface area contributed by atoms with Crippen molar-refractivity contribution >= 4 is 43.3 Å². The van der Waals surface area contributed by atoms with Gasteiger partial charge in [-0.05, 0) is 48.7 Å². The molecule has 1 amide bonds. The van der Waals surface area contributed by atoms with Gasteiger partial charge in [-0.25, -0.2) is 8.42 Å². The number of hydrogen-bond acceptors (Lipinski definition) is 6. The number of hydrogen-bond donors (Lipinski definition) is 0. The zero-order valence-electron chi connectivity index (χ0n) is 18.3.